The Morgan fingerprint density at radius 3 is 2.29 bits per heavy atom. The Bertz CT molecular complexity index is 617. The van der Waals surface area contributed by atoms with Gasteiger partial charge in [-0.15, -0.1) is 0 Å². The lowest BCUT2D eigenvalue weighted by Crippen LogP contribution is -2.28. The standard InChI is InChI=1S/C15H20N2O3S/c18-15(12-2-1-3-12)17-13-6-8-14(9-7-13)21(19,20)16-10-11-4-5-11/h6-9,11-12,16H,1-5,10H2,(H,17,18). The molecule has 0 atom stereocenters. The minimum absolute atomic E-state index is 0.0312. The molecular formula is C15H20N2O3S. The molecule has 1 aromatic rings. The highest BCUT2D eigenvalue weighted by atomic mass is 32.2. The van der Waals surface area contributed by atoms with E-state index in [-0.39, 0.29) is 16.7 Å². The molecule has 5 nitrogen and oxygen atoms in total. The molecule has 1 aromatic carbocycles. The van der Waals surface area contributed by atoms with E-state index >= 15 is 0 Å². The largest absolute Gasteiger partial charge is 0.326 e. The van der Waals surface area contributed by atoms with Crippen molar-refractivity contribution < 1.29 is 13.2 Å². The average Bonchev–Trinajstić information content (AvgIpc) is 3.19. The average molecular weight is 308 g/mol. The van der Waals surface area contributed by atoms with Crippen LogP contribution >= 0.6 is 0 Å². The molecule has 0 aromatic heterocycles. The minimum atomic E-state index is -3.43. The summed E-state index contributed by atoms with van der Waals surface area (Å²) >= 11 is 0. The molecule has 0 radical (unpaired) electrons. The Hall–Kier alpha value is -1.40. The van der Waals surface area contributed by atoms with Crippen molar-refractivity contribution in [2.24, 2.45) is 11.8 Å². The van der Waals surface area contributed by atoms with E-state index in [1.54, 1.807) is 12.1 Å². The molecule has 0 spiro atoms. The summed E-state index contributed by atoms with van der Waals surface area (Å²) in [6, 6.07) is 6.35. The second kappa shape index (κ2) is 5.77. The van der Waals surface area contributed by atoms with Gasteiger partial charge in [0.15, 0.2) is 0 Å². The maximum atomic E-state index is 12.1. The first kappa shape index (κ1) is 14.5. The molecule has 2 aliphatic carbocycles. The molecule has 2 N–H and O–H groups in total. The number of anilines is 1. The molecule has 0 aliphatic heterocycles. The van der Waals surface area contributed by atoms with Crippen LogP contribution in [-0.2, 0) is 14.8 Å². The number of hydrogen-bond acceptors (Lipinski definition) is 3. The van der Waals surface area contributed by atoms with Crippen LogP contribution in [-0.4, -0.2) is 20.9 Å². The summed E-state index contributed by atoms with van der Waals surface area (Å²) in [7, 11) is -3.43. The highest BCUT2D eigenvalue weighted by Crippen LogP contribution is 2.29. The quantitative estimate of drug-likeness (QED) is 0.845. The maximum Gasteiger partial charge on any atom is 0.240 e. The van der Waals surface area contributed by atoms with E-state index in [4.69, 9.17) is 0 Å². The van der Waals surface area contributed by atoms with Crippen LogP contribution in [0, 0.1) is 11.8 Å². The predicted octanol–water partition coefficient (Wildman–Crippen LogP) is 2.11. The zero-order valence-electron chi connectivity index (χ0n) is 11.8. The van der Waals surface area contributed by atoms with Crippen molar-refractivity contribution in [3.63, 3.8) is 0 Å². The van der Waals surface area contributed by atoms with Gasteiger partial charge in [0.05, 0.1) is 4.90 Å². The fourth-order valence-corrected chi connectivity index (χ4v) is 3.38. The van der Waals surface area contributed by atoms with E-state index in [9.17, 15) is 13.2 Å². The minimum Gasteiger partial charge on any atom is -0.326 e. The first-order valence-electron chi connectivity index (χ1n) is 7.45. The van der Waals surface area contributed by atoms with E-state index in [0.29, 0.717) is 18.2 Å². The monoisotopic (exact) mass is 308 g/mol. The zero-order valence-corrected chi connectivity index (χ0v) is 12.7. The molecule has 2 aliphatic rings. The summed E-state index contributed by atoms with van der Waals surface area (Å²) in [5.41, 5.74) is 0.646. The van der Waals surface area contributed by atoms with Crippen molar-refractivity contribution in [2.75, 3.05) is 11.9 Å². The molecule has 0 heterocycles. The summed E-state index contributed by atoms with van der Waals surface area (Å²) in [4.78, 5) is 12.1. The first-order chi connectivity index (χ1) is 10.0. The molecule has 114 valence electrons. The molecule has 3 rings (SSSR count). The van der Waals surface area contributed by atoms with Gasteiger partial charge in [0.25, 0.3) is 0 Å². The molecule has 1 amide bonds. The molecule has 21 heavy (non-hydrogen) atoms. The summed E-state index contributed by atoms with van der Waals surface area (Å²) in [6.45, 7) is 0.516. The van der Waals surface area contributed by atoms with Gasteiger partial charge in [0, 0.05) is 18.2 Å². The second-order valence-corrected chi connectivity index (χ2v) is 7.70. The highest BCUT2D eigenvalue weighted by molar-refractivity contribution is 7.89. The van der Waals surface area contributed by atoms with E-state index in [0.717, 1.165) is 32.1 Å². The topological polar surface area (TPSA) is 75.3 Å². The Morgan fingerprint density at radius 1 is 1.10 bits per heavy atom. The summed E-state index contributed by atoms with van der Waals surface area (Å²) in [5.74, 6) is 0.651. The lowest BCUT2D eigenvalue weighted by molar-refractivity contribution is -0.122. The van der Waals surface area contributed by atoms with Gasteiger partial charge in [-0.05, 0) is 55.9 Å². The van der Waals surface area contributed by atoms with Crippen molar-refractivity contribution in [2.45, 2.75) is 37.0 Å². The summed E-state index contributed by atoms with van der Waals surface area (Å²) in [5, 5.41) is 2.83. The van der Waals surface area contributed by atoms with Crippen molar-refractivity contribution in [3.05, 3.63) is 24.3 Å². The predicted molar refractivity (Wildman–Crippen MR) is 80.3 cm³/mol. The van der Waals surface area contributed by atoms with Gasteiger partial charge in [-0.25, -0.2) is 13.1 Å². The van der Waals surface area contributed by atoms with Crippen LogP contribution in [0.1, 0.15) is 32.1 Å². The normalized spacial score (nSPS) is 19.0. The molecule has 0 unspecified atom stereocenters. The van der Waals surface area contributed by atoms with Gasteiger partial charge in [-0.1, -0.05) is 6.42 Å². The number of rotatable bonds is 6. The summed E-state index contributed by atoms with van der Waals surface area (Å²) in [6.07, 6.45) is 5.22. The smallest absolute Gasteiger partial charge is 0.240 e. The van der Waals surface area contributed by atoms with Crippen LogP contribution in [0.15, 0.2) is 29.2 Å². The molecule has 2 fully saturated rings. The fraction of sp³-hybridized carbons (Fsp3) is 0.533. The van der Waals surface area contributed by atoms with Crippen molar-refractivity contribution >= 4 is 21.6 Å². The summed E-state index contributed by atoms with van der Waals surface area (Å²) < 4.78 is 26.7. The van der Waals surface area contributed by atoms with Gasteiger partial charge < -0.3 is 5.32 Å². The highest BCUT2D eigenvalue weighted by Gasteiger charge is 2.26. The zero-order chi connectivity index (χ0) is 14.9. The van der Waals surface area contributed by atoms with Gasteiger partial charge in [0.1, 0.15) is 0 Å². The Kier molecular flexibility index (Phi) is 3.99. The number of benzene rings is 1. The van der Waals surface area contributed by atoms with Gasteiger partial charge in [0.2, 0.25) is 15.9 Å². The van der Waals surface area contributed by atoms with Crippen LogP contribution in [0.25, 0.3) is 0 Å². The van der Waals surface area contributed by atoms with Crippen LogP contribution in [0.3, 0.4) is 0 Å². The Balaban J connectivity index is 1.60. The van der Waals surface area contributed by atoms with Gasteiger partial charge in [-0.3, -0.25) is 4.79 Å². The van der Waals surface area contributed by atoms with E-state index in [1.165, 1.54) is 12.1 Å². The SMILES string of the molecule is O=C(Nc1ccc(S(=O)(=O)NCC2CC2)cc1)C1CCC1. The first-order valence-corrected chi connectivity index (χ1v) is 8.93. The lowest BCUT2D eigenvalue weighted by atomic mass is 9.85. The van der Waals surface area contributed by atoms with Crippen molar-refractivity contribution in [1.82, 2.24) is 4.72 Å². The van der Waals surface area contributed by atoms with Gasteiger partial charge >= 0.3 is 0 Å². The molecule has 6 heteroatoms. The molecule has 0 bridgehead atoms. The van der Waals surface area contributed by atoms with Gasteiger partial charge in [-0.2, -0.15) is 0 Å². The second-order valence-electron chi connectivity index (χ2n) is 5.94. The number of carbonyl (C=O) groups is 1. The number of carbonyl (C=O) groups excluding carboxylic acids is 1. The lowest BCUT2D eigenvalue weighted by Gasteiger charge is -2.24. The number of nitrogens with one attached hydrogen (secondary N) is 2. The van der Waals surface area contributed by atoms with Crippen LogP contribution < -0.4 is 10.0 Å². The number of sulfonamides is 1. The molecule has 0 saturated heterocycles. The van der Waals surface area contributed by atoms with E-state index in [1.807, 2.05) is 0 Å². The third-order valence-corrected chi connectivity index (χ3v) is 5.61. The van der Waals surface area contributed by atoms with Crippen LogP contribution in [0.2, 0.25) is 0 Å². The van der Waals surface area contributed by atoms with E-state index in [2.05, 4.69) is 10.0 Å². The number of amides is 1. The van der Waals surface area contributed by atoms with E-state index < -0.39 is 10.0 Å². The van der Waals surface area contributed by atoms with Crippen LogP contribution in [0.4, 0.5) is 5.69 Å². The number of hydrogen-bond donors (Lipinski definition) is 2. The Labute approximate surface area is 125 Å². The fourth-order valence-electron chi connectivity index (χ4n) is 2.27. The van der Waals surface area contributed by atoms with Crippen LogP contribution in [0.5, 0.6) is 0 Å². The van der Waals surface area contributed by atoms with Crippen molar-refractivity contribution in [1.29, 1.82) is 0 Å². The third-order valence-electron chi connectivity index (χ3n) is 4.17. The third kappa shape index (κ3) is 3.63. The molecular weight excluding hydrogens is 288 g/mol. The Morgan fingerprint density at radius 2 is 1.76 bits per heavy atom. The molecule has 2 saturated carbocycles. The maximum absolute atomic E-state index is 12.1. The van der Waals surface area contributed by atoms with Crippen molar-refractivity contribution in [3.8, 4) is 0 Å².